The molecule has 1 atom stereocenters. The van der Waals surface area contributed by atoms with Gasteiger partial charge in [-0.25, -0.2) is 4.79 Å². The predicted octanol–water partition coefficient (Wildman–Crippen LogP) is 6.93. The number of likely N-dealkylation sites (N-methyl/N-ethyl adjacent to an activating group) is 1. The third-order valence-electron chi connectivity index (χ3n) is 8.60. The lowest BCUT2D eigenvalue weighted by Crippen LogP contribution is -2.56. The number of rotatable bonds is 6. The summed E-state index contributed by atoms with van der Waals surface area (Å²) in [4.78, 5) is 34.2. The zero-order valence-corrected chi connectivity index (χ0v) is 24.1. The van der Waals surface area contributed by atoms with E-state index < -0.39 is 11.5 Å². The molecule has 1 aliphatic heterocycles. The number of carbonyl (C=O) groups excluding carboxylic acids is 2. The molecule has 0 saturated carbocycles. The van der Waals surface area contributed by atoms with Gasteiger partial charge in [0.2, 0.25) is 0 Å². The summed E-state index contributed by atoms with van der Waals surface area (Å²) in [6, 6.07) is 27.1. The van der Waals surface area contributed by atoms with Gasteiger partial charge < -0.3 is 9.40 Å². The minimum Gasteiger partial charge on any atom is -0.338 e. The normalized spacial score (nSPS) is 17.5. The topological polar surface area (TPSA) is 63.9 Å². The summed E-state index contributed by atoms with van der Waals surface area (Å²) < 4.78 is 2.33. The molecule has 2 heterocycles. The molecule has 206 valence electrons. The Morgan fingerprint density at radius 3 is 2.34 bits per heavy atom. The highest BCUT2D eigenvalue weighted by Gasteiger charge is 2.44. The number of aryl methyl sites for hydroxylation is 2. The lowest BCUT2D eigenvalue weighted by atomic mass is 9.81. The van der Waals surface area contributed by atoms with Crippen LogP contribution in [0.5, 0.6) is 0 Å². The Labute approximate surface area is 239 Å². The predicted molar refractivity (Wildman–Crippen MR) is 164 cm³/mol. The zero-order valence-electron chi connectivity index (χ0n) is 24.1. The number of nitrogens with zero attached hydrogens (tertiary/aromatic N) is 3. The molecule has 0 amide bonds. The average Bonchev–Trinajstić information content (AvgIpc) is 3.30. The summed E-state index contributed by atoms with van der Waals surface area (Å²) in [5, 5.41) is 6.63. The maximum Gasteiger partial charge on any atom is 0.365 e. The second-order valence-corrected chi connectivity index (χ2v) is 11.1. The molecule has 4 aromatic carbocycles. The fourth-order valence-corrected chi connectivity index (χ4v) is 6.14. The third kappa shape index (κ3) is 4.26. The lowest BCUT2D eigenvalue weighted by molar-refractivity contribution is 0.0506. The molecule has 0 bridgehead atoms. The van der Waals surface area contributed by atoms with Crippen LogP contribution in [-0.2, 0) is 11.4 Å². The summed E-state index contributed by atoms with van der Waals surface area (Å²) in [5.41, 5.74) is 7.07. The van der Waals surface area contributed by atoms with Crippen LogP contribution in [0.25, 0.3) is 21.8 Å². The highest BCUT2D eigenvalue weighted by Crippen LogP contribution is 2.41. The second kappa shape index (κ2) is 10.1. The third-order valence-corrected chi connectivity index (χ3v) is 8.60. The molecule has 0 spiro atoms. The van der Waals surface area contributed by atoms with Gasteiger partial charge in [0.25, 0.3) is 0 Å². The van der Waals surface area contributed by atoms with E-state index in [-0.39, 0.29) is 5.78 Å². The molecule has 6 rings (SSSR count). The van der Waals surface area contributed by atoms with E-state index in [0.717, 1.165) is 50.6 Å². The van der Waals surface area contributed by atoms with E-state index in [1.165, 1.54) is 0 Å². The van der Waals surface area contributed by atoms with Crippen LogP contribution < -0.4 is 0 Å². The fourth-order valence-electron chi connectivity index (χ4n) is 6.14. The zero-order chi connectivity index (χ0) is 28.9. The maximum absolute atomic E-state index is 13.5. The van der Waals surface area contributed by atoms with E-state index in [4.69, 9.17) is 4.84 Å². The van der Waals surface area contributed by atoms with Crippen LogP contribution >= 0.6 is 0 Å². The first-order chi connectivity index (χ1) is 19.7. The highest BCUT2D eigenvalue weighted by atomic mass is 16.7. The number of hydrogen-bond acceptors (Lipinski definition) is 5. The Balaban J connectivity index is 1.51. The molecular weight excluding hydrogens is 510 g/mol. The van der Waals surface area contributed by atoms with Crippen LogP contribution in [0.15, 0.2) is 90.1 Å². The molecule has 41 heavy (non-hydrogen) atoms. The van der Waals surface area contributed by atoms with Crippen molar-refractivity contribution in [1.82, 2.24) is 9.47 Å². The summed E-state index contributed by atoms with van der Waals surface area (Å²) in [7, 11) is 4.08. The van der Waals surface area contributed by atoms with Crippen molar-refractivity contribution in [2.45, 2.75) is 39.3 Å². The second-order valence-electron chi connectivity index (χ2n) is 11.1. The highest BCUT2D eigenvalue weighted by molar-refractivity contribution is 6.22. The van der Waals surface area contributed by atoms with Crippen molar-refractivity contribution in [3.05, 3.63) is 118 Å². The summed E-state index contributed by atoms with van der Waals surface area (Å²) >= 11 is 0. The monoisotopic (exact) mass is 543 g/mol. The molecule has 0 fully saturated rings. The van der Waals surface area contributed by atoms with Crippen LogP contribution in [0.3, 0.4) is 0 Å². The lowest BCUT2D eigenvalue weighted by Gasteiger charge is -2.43. The van der Waals surface area contributed by atoms with Crippen LogP contribution in [0.2, 0.25) is 0 Å². The van der Waals surface area contributed by atoms with E-state index in [1.807, 2.05) is 88.6 Å². The van der Waals surface area contributed by atoms with Crippen molar-refractivity contribution in [2.24, 2.45) is 5.16 Å². The smallest absolute Gasteiger partial charge is 0.338 e. The van der Waals surface area contributed by atoms with E-state index in [2.05, 4.69) is 33.7 Å². The van der Waals surface area contributed by atoms with Crippen LogP contribution in [0.1, 0.15) is 56.3 Å². The number of carbonyl (C=O) groups is 2. The maximum atomic E-state index is 13.5. The van der Waals surface area contributed by atoms with E-state index in [0.29, 0.717) is 23.2 Å². The largest absolute Gasteiger partial charge is 0.365 e. The number of benzene rings is 4. The fraction of sp³-hybridized carbons (Fsp3) is 0.229. The average molecular weight is 544 g/mol. The molecule has 0 aliphatic carbocycles. The van der Waals surface area contributed by atoms with Gasteiger partial charge >= 0.3 is 5.97 Å². The minimum atomic E-state index is -0.517. The Kier molecular flexibility index (Phi) is 6.59. The van der Waals surface area contributed by atoms with Gasteiger partial charge in [0, 0.05) is 39.5 Å². The van der Waals surface area contributed by atoms with E-state index >= 15 is 0 Å². The Morgan fingerprint density at radius 1 is 0.902 bits per heavy atom. The molecule has 0 radical (unpaired) electrons. The molecule has 6 heteroatoms. The summed E-state index contributed by atoms with van der Waals surface area (Å²) in [5.74, 6) is -0.475. The number of oxime groups is 1. The molecule has 6 nitrogen and oxygen atoms in total. The van der Waals surface area contributed by atoms with Crippen molar-refractivity contribution in [3.8, 4) is 0 Å². The van der Waals surface area contributed by atoms with Gasteiger partial charge in [-0.15, -0.1) is 0 Å². The van der Waals surface area contributed by atoms with Gasteiger partial charge in [-0.2, -0.15) is 0 Å². The Bertz CT molecular complexity index is 1860. The van der Waals surface area contributed by atoms with Crippen molar-refractivity contribution in [1.29, 1.82) is 0 Å². The first-order valence-corrected chi connectivity index (χ1v) is 13.9. The van der Waals surface area contributed by atoms with E-state index in [9.17, 15) is 9.59 Å². The van der Waals surface area contributed by atoms with Gasteiger partial charge in [-0.05, 0) is 70.3 Å². The van der Waals surface area contributed by atoms with E-state index in [1.54, 1.807) is 12.1 Å². The number of ketones is 1. The molecule has 1 aliphatic rings. The Hall–Kier alpha value is -4.55. The van der Waals surface area contributed by atoms with Crippen molar-refractivity contribution in [3.63, 3.8) is 0 Å². The van der Waals surface area contributed by atoms with Crippen molar-refractivity contribution in [2.75, 3.05) is 14.1 Å². The van der Waals surface area contributed by atoms with Crippen molar-refractivity contribution >= 4 is 39.3 Å². The molecule has 0 N–H and O–H groups in total. The number of aromatic nitrogens is 1. The van der Waals surface area contributed by atoms with Gasteiger partial charge in [-0.1, -0.05) is 72.2 Å². The van der Waals surface area contributed by atoms with Gasteiger partial charge in [-0.3, -0.25) is 9.69 Å². The van der Waals surface area contributed by atoms with Gasteiger partial charge in [0.05, 0.1) is 16.6 Å². The Morgan fingerprint density at radius 2 is 1.63 bits per heavy atom. The SMILES string of the molecule is CCC1(N(C)C)Cn2c3ccc(C(=O)c4ccccc4C)cc3c3cccc(c32)/C1=N/OC(=O)c1ccc(C)cc1. The number of para-hydroxylation sites is 1. The van der Waals surface area contributed by atoms with Gasteiger partial charge in [0.15, 0.2) is 5.78 Å². The van der Waals surface area contributed by atoms with Crippen molar-refractivity contribution < 1.29 is 14.4 Å². The quantitative estimate of drug-likeness (QED) is 0.132. The molecular formula is C35H33N3O3. The first-order valence-electron chi connectivity index (χ1n) is 13.9. The van der Waals surface area contributed by atoms with Gasteiger partial charge in [0.1, 0.15) is 5.71 Å². The molecule has 5 aromatic rings. The molecule has 1 aromatic heterocycles. The summed E-state index contributed by atoms with van der Waals surface area (Å²) in [6.45, 7) is 6.70. The number of fused-ring (bicyclic) bond motifs is 3. The molecule has 1 unspecified atom stereocenters. The number of hydrogen-bond donors (Lipinski definition) is 0. The van der Waals surface area contributed by atoms with Crippen LogP contribution in [0, 0.1) is 13.8 Å². The minimum absolute atomic E-state index is 0.0124. The van der Waals surface area contributed by atoms with Crippen LogP contribution in [0.4, 0.5) is 0 Å². The standard InChI is InChI=1S/C35H33N3O3/c1-6-35(37(4)5)21-38-30-19-18-25(32(39)26-11-8-7-10-23(26)3)20-29(30)27-12-9-13-28(31(27)38)33(35)36-41-34(40)24-16-14-22(2)15-17-24/h7-20H,6,21H2,1-5H3/b36-33-. The van der Waals surface area contributed by atoms with Crippen LogP contribution in [-0.4, -0.2) is 46.6 Å². The summed E-state index contributed by atoms with van der Waals surface area (Å²) in [6.07, 6.45) is 0.750. The molecule has 0 saturated heterocycles. The first kappa shape index (κ1) is 26.7.